The van der Waals surface area contributed by atoms with Crippen molar-refractivity contribution in [2.75, 3.05) is 20.7 Å². The number of nitrogens with zero attached hydrogens (tertiary/aromatic N) is 2. The Balaban J connectivity index is 1.70. The van der Waals surface area contributed by atoms with Gasteiger partial charge in [0, 0.05) is 24.2 Å². The van der Waals surface area contributed by atoms with Crippen LogP contribution in [0.5, 0.6) is 5.75 Å². The first-order chi connectivity index (χ1) is 17.0. The molecular weight excluding hydrogens is 480 g/mol. The van der Waals surface area contributed by atoms with E-state index >= 15 is 0 Å². The molecule has 0 radical (unpaired) electrons. The summed E-state index contributed by atoms with van der Waals surface area (Å²) in [4.78, 5) is 16.9. The number of oxazole rings is 1. The van der Waals surface area contributed by atoms with Gasteiger partial charge in [0.05, 0.1) is 19.1 Å². The number of halogens is 4. The molecule has 1 heterocycles. The van der Waals surface area contributed by atoms with Gasteiger partial charge in [0.25, 0.3) is 0 Å². The van der Waals surface area contributed by atoms with Crippen LogP contribution < -0.4 is 4.74 Å². The Hall–Kier alpha value is -3.92. The van der Waals surface area contributed by atoms with E-state index in [4.69, 9.17) is 14.3 Å². The molecule has 1 aromatic heterocycles. The number of benzene rings is 3. The molecule has 0 saturated carbocycles. The van der Waals surface area contributed by atoms with Crippen LogP contribution in [0.15, 0.2) is 59.0 Å². The van der Waals surface area contributed by atoms with Crippen LogP contribution in [0.25, 0.3) is 33.7 Å². The highest BCUT2D eigenvalue weighted by Gasteiger charge is 2.35. The maximum Gasteiger partial charge on any atom is 0.417 e. The summed E-state index contributed by atoms with van der Waals surface area (Å²) in [5, 5.41) is 8.83. The molecular formula is C26H22F4N2O4. The van der Waals surface area contributed by atoms with E-state index in [0.29, 0.717) is 24.2 Å². The lowest BCUT2D eigenvalue weighted by atomic mass is 9.96. The second-order valence-corrected chi connectivity index (χ2v) is 8.31. The molecule has 0 saturated heterocycles. The lowest BCUT2D eigenvalue weighted by Crippen LogP contribution is -2.21. The third-order valence-electron chi connectivity index (χ3n) is 5.64. The zero-order valence-corrected chi connectivity index (χ0v) is 19.4. The van der Waals surface area contributed by atoms with Gasteiger partial charge in [-0.05, 0) is 60.6 Å². The highest BCUT2D eigenvalue weighted by Crippen LogP contribution is 2.42. The summed E-state index contributed by atoms with van der Waals surface area (Å²) >= 11 is 0. The normalized spacial score (nSPS) is 11.9. The van der Waals surface area contributed by atoms with Gasteiger partial charge in [-0.3, -0.25) is 4.79 Å². The Bertz CT molecular complexity index is 1420. The van der Waals surface area contributed by atoms with Gasteiger partial charge in [-0.25, -0.2) is 9.37 Å². The van der Waals surface area contributed by atoms with Gasteiger partial charge in [-0.2, -0.15) is 13.2 Å². The van der Waals surface area contributed by atoms with Crippen LogP contribution in [0, 0.1) is 5.82 Å². The lowest BCUT2D eigenvalue weighted by Gasteiger charge is -2.16. The smallest absolute Gasteiger partial charge is 0.417 e. The van der Waals surface area contributed by atoms with Gasteiger partial charge in [0.15, 0.2) is 5.58 Å². The first-order valence-electron chi connectivity index (χ1n) is 10.9. The predicted octanol–water partition coefficient (Wildman–Crippen LogP) is 6.23. The average molecular weight is 502 g/mol. The molecule has 0 aliphatic heterocycles. The Kier molecular flexibility index (Phi) is 6.98. The number of fused-ring (bicyclic) bond motifs is 1. The van der Waals surface area contributed by atoms with E-state index in [2.05, 4.69) is 4.98 Å². The van der Waals surface area contributed by atoms with E-state index in [1.54, 1.807) is 25.2 Å². The quantitative estimate of drug-likeness (QED) is 0.288. The maximum atomic E-state index is 14.0. The van der Waals surface area contributed by atoms with Crippen molar-refractivity contribution in [3.8, 4) is 28.3 Å². The number of aliphatic carboxylic acids is 1. The van der Waals surface area contributed by atoms with Crippen molar-refractivity contribution in [3.63, 3.8) is 0 Å². The molecule has 0 bridgehead atoms. The summed E-state index contributed by atoms with van der Waals surface area (Å²) in [6.45, 7) is 0.819. The number of carbonyl (C=O) groups is 1. The van der Waals surface area contributed by atoms with Crippen molar-refractivity contribution in [2.45, 2.75) is 19.1 Å². The minimum atomic E-state index is -4.73. The molecule has 0 atom stereocenters. The molecule has 1 N–H and O–H groups in total. The van der Waals surface area contributed by atoms with E-state index in [0.717, 1.165) is 23.8 Å². The Morgan fingerprint density at radius 1 is 1.08 bits per heavy atom. The van der Waals surface area contributed by atoms with Gasteiger partial charge in [0.2, 0.25) is 5.89 Å². The van der Waals surface area contributed by atoms with E-state index in [1.165, 1.54) is 25.3 Å². The second kappa shape index (κ2) is 9.98. The highest BCUT2D eigenvalue weighted by atomic mass is 19.4. The summed E-state index contributed by atoms with van der Waals surface area (Å²) in [6, 6.07) is 12.2. The van der Waals surface area contributed by atoms with Crippen LogP contribution in [0.1, 0.15) is 17.5 Å². The first kappa shape index (κ1) is 25.2. The molecule has 0 fully saturated rings. The van der Waals surface area contributed by atoms with Gasteiger partial charge >= 0.3 is 12.1 Å². The molecule has 4 rings (SSSR count). The zero-order valence-electron chi connectivity index (χ0n) is 19.4. The monoisotopic (exact) mass is 502 g/mol. The molecule has 4 aromatic rings. The number of hydrogen-bond acceptors (Lipinski definition) is 5. The summed E-state index contributed by atoms with van der Waals surface area (Å²) in [5.74, 6) is -1.47. The van der Waals surface area contributed by atoms with Gasteiger partial charge in [0.1, 0.15) is 17.1 Å². The molecule has 36 heavy (non-hydrogen) atoms. The molecule has 0 amide bonds. The lowest BCUT2D eigenvalue weighted by molar-refractivity contribution is -0.138. The number of hydrogen-bond donors (Lipinski definition) is 1. The third kappa shape index (κ3) is 5.49. The number of carboxylic acids is 1. The predicted molar refractivity (Wildman–Crippen MR) is 125 cm³/mol. The Morgan fingerprint density at radius 3 is 2.56 bits per heavy atom. The maximum absolute atomic E-state index is 14.0. The SMILES string of the molecule is COc1ccc(F)cc1-c1ccc(-c2nc3ccc(CN(C)CCC(=O)O)cc3o2)cc1C(F)(F)F. The van der Waals surface area contributed by atoms with Gasteiger partial charge in [-0.1, -0.05) is 12.1 Å². The Labute approximate surface area is 203 Å². The fourth-order valence-electron chi connectivity index (χ4n) is 3.91. The van der Waals surface area contributed by atoms with Crippen molar-refractivity contribution in [3.05, 3.63) is 71.5 Å². The number of rotatable bonds is 8. The number of carboxylic acid groups (broad SMARTS) is 1. The van der Waals surface area contributed by atoms with Crippen LogP contribution in [0.3, 0.4) is 0 Å². The molecule has 6 nitrogen and oxygen atoms in total. The van der Waals surface area contributed by atoms with Crippen LogP contribution in [0.2, 0.25) is 0 Å². The molecule has 0 aliphatic rings. The topological polar surface area (TPSA) is 75.8 Å². The minimum Gasteiger partial charge on any atom is -0.496 e. The fraction of sp³-hybridized carbons (Fsp3) is 0.231. The second-order valence-electron chi connectivity index (χ2n) is 8.31. The number of alkyl halides is 3. The Morgan fingerprint density at radius 2 is 1.86 bits per heavy atom. The third-order valence-corrected chi connectivity index (χ3v) is 5.64. The van der Waals surface area contributed by atoms with Crippen LogP contribution in [-0.2, 0) is 17.5 Å². The fourth-order valence-corrected chi connectivity index (χ4v) is 3.91. The van der Waals surface area contributed by atoms with E-state index in [9.17, 15) is 22.4 Å². The molecule has 188 valence electrons. The summed E-state index contributed by atoms with van der Waals surface area (Å²) in [5.41, 5.74) is 0.563. The molecule has 10 heteroatoms. The molecule has 3 aromatic carbocycles. The van der Waals surface area contributed by atoms with E-state index in [-0.39, 0.29) is 34.8 Å². The largest absolute Gasteiger partial charge is 0.496 e. The van der Waals surface area contributed by atoms with Gasteiger partial charge in [-0.15, -0.1) is 0 Å². The van der Waals surface area contributed by atoms with Gasteiger partial charge < -0.3 is 19.2 Å². The number of aromatic nitrogens is 1. The number of methoxy groups -OCH3 is 1. The van der Waals surface area contributed by atoms with Crippen molar-refractivity contribution in [1.82, 2.24) is 9.88 Å². The van der Waals surface area contributed by atoms with Crippen molar-refractivity contribution in [2.24, 2.45) is 0 Å². The van der Waals surface area contributed by atoms with Crippen molar-refractivity contribution < 1.29 is 36.6 Å². The van der Waals surface area contributed by atoms with E-state index in [1.807, 2.05) is 4.90 Å². The van der Waals surface area contributed by atoms with Crippen LogP contribution in [0.4, 0.5) is 17.6 Å². The van der Waals surface area contributed by atoms with Crippen LogP contribution >= 0.6 is 0 Å². The standard InChI is InChI=1S/C26H22F4N2O4/c1-32(10-9-24(33)34)14-15-3-7-21-23(11-15)36-25(31-21)16-4-6-18(20(12-16)26(28,29)30)19-13-17(27)5-8-22(19)35-2/h3-8,11-13H,9-10,14H2,1-2H3,(H,33,34). The van der Waals surface area contributed by atoms with Crippen molar-refractivity contribution >= 4 is 17.1 Å². The summed E-state index contributed by atoms with van der Waals surface area (Å²) < 4.78 is 66.9. The first-order valence-corrected chi connectivity index (χ1v) is 10.9. The zero-order chi connectivity index (χ0) is 26.0. The summed E-state index contributed by atoms with van der Waals surface area (Å²) in [7, 11) is 3.08. The molecule has 0 spiro atoms. The average Bonchev–Trinajstić information content (AvgIpc) is 3.25. The number of ether oxygens (including phenoxy) is 1. The minimum absolute atomic E-state index is 0.00420. The molecule has 0 unspecified atom stereocenters. The van der Waals surface area contributed by atoms with E-state index < -0.39 is 23.5 Å². The summed E-state index contributed by atoms with van der Waals surface area (Å²) in [6.07, 6.45) is -4.73. The highest BCUT2D eigenvalue weighted by molar-refractivity contribution is 5.80. The van der Waals surface area contributed by atoms with Crippen LogP contribution in [-0.4, -0.2) is 41.7 Å². The molecule has 0 aliphatic carbocycles. The van der Waals surface area contributed by atoms with Crippen molar-refractivity contribution in [1.29, 1.82) is 0 Å².